The molecule has 1 aromatic heterocycles. The van der Waals surface area contributed by atoms with Crippen molar-refractivity contribution in [2.75, 3.05) is 39.4 Å². The van der Waals surface area contributed by atoms with Crippen LogP contribution in [0.5, 0.6) is 11.5 Å². The summed E-state index contributed by atoms with van der Waals surface area (Å²) in [6.45, 7) is 4.43. The van der Waals surface area contributed by atoms with Crippen LogP contribution < -0.4 is 9.47 Å². The van der Waals surface area contributed by atoms with Crippen molar-refractivity contribution in [1.29, 1.82) is 0 Å². The Hall–Kier alpha value is -3.40. The molecule has 0 aliphatic carbocycles. The fourth-order valence-corrected chi connectivity index (χ4v) is 6.29. The van der Waals surface area contributed by atoms with Crippen molar-refractivity contribution >= 4 is 21.1 Å². The molecule has 0 amide bonds. The molecule has 3 heterocycles. The van der Waals surface area contributed by atoms with Crippen LogP contribution in [0.15, 0.2) is 77.7 Å². The Balaban J connectivity index is 1.17. The first-order valence-corrected chi connectivity index (χ1v) is 13.6. The molecule has 6 rings (SSSR count). The lowest BCUT2D eigenvalue weighted by molar-refractivity contribution is 0.170. The standard InChI is InChI=1S/C27H28N4O4S/c32-36(33,22-10-11-25-26(18-22)35-17-16-34-25)30-14-12-29(13-15-30)20-27-28-23-8-4-5-9-24(23)31(27)19-21-6-2-1-3-7-21/h1-11,18H,12-17,19-20H2. The van der Waals surface area contributed by atoms with E-state index in [1.807, 2.05) is 24.3 Å². The molecular formula is C27H28N4O4S. The van der Waals surface area contributed by atoms with Crippen molar-refractivity contribution in [3.63, 3.8) is 0 Å². The average Bonchev–Trinajstić information content (AvgIpc) is 3.26. The Morgan fingerprint density at radius 1 is 0.778 bits per heavy atom. The molecule has 0 atom stereocenters. The maximum Gasteiger partial charge on any atom is 0.243 e. The van der Waals surface area contributed by atoms with E-state index in [1.54, 1.807) is 22.5 Å². The van der Waals surface area contributed by atoms with Crippen molar-refractivity contribution in [2.24, 2.45) is 0 Å². The first-order chi connectivity index (χ1) is 17.6. The van der Waals surface area contributed by atoms with Gasteiger partial charge < -0.3 is 14.0 Å². The van der Waals surface area contributed by atoms with Crippen LogP contribution in [0.3, 0.4) is 0 Å². The van der Waals surface area contributed by atoms with E-state index in [4.69, 9.17) is 14.5 Å². The van der Waals surface area contributed by atoms with Crippen LogP contribution in [0.1, 0.15) is 11.4 Å². The normalized spacial score (nSPS) is 16.9. The quantitative estimate of drug-likeness (QED) is 0.401. The number of sulfonamides is 1. The monoisotopic (exact) mass is 504 g/mol. The number of imidazole rings is 1. The second-order valence-corrected chi connectivity index (χ2v) is 11.0. The van der Waals surface area contributed by atoms with Gasteiger partial charge in [0.1, 0.15) is 19.0 Å². The minimum Gasteiger partial charge on any atom is -0.486 e. The maximum atomic E-state index is 13.3. The molecule has 0 saturated carbocycles. The number of ether oxygens (including phenoxy) is 2. The van der Waals surface area contributed by atoms with Crippen molar-refractivity contribution in [3.8, 4) is 11.5 Å². The van der Waals surface area contributed by atoms with Gasteiger partial charge in [0.2, 0.25) is 10.0 Å². The molecule has 36 heavy (non-hydrogen) atoms. The second kappa shape index (κ2) is 9.57. The summed E-state index contributed by atoms with van der Waals surface area (Å²) in [5.41, 5.74) is 3.30. The lowest BCUT2D eigenvalue weighted by Crippen LogP contribution is -2.48. The molecule has 8 nitrogen and oxygen atoms in total. The summed E-state index contributed by atoms with van der Waals surface area (Å²) in [5, 5.41) is 0. The number of fused-ring (bicyclic) bond motifs is 2. The van der Waals surface area contributed by atoms with Crippen molar-refractivity contribution in [3.05, 3.63) is 84.2 Å². The van der Waals surface area contributed by atoms with Crippen LogP contribution in [0.25, 0.3) is 11.0 Å². The molecule has 3 aromatic carbocycles. The molecule has 0 spiro atoms. The third-order valence-electron chi connectivity index (χ3n) is 6.76. The van der Waals surface area contributed by atoms with Gasteiger partial charge in [0, 0.05) is 38.8 Å². The number of para-hydroxylation sites is 2. The van der Waals surface area contributed by atoms with Gasteiger partial charge in [-0.05, 0) is 29.8 Å². The molecule has 0 radical (unpaired) electrons. The highest BCUT2D eigenvalue weighted by Gasteiger charge is 2.30. The fraction of sp³-hybridized carbons (Fsp3) is 0.296. The second-order valence-electron chi connectivity index (χ2n) is 9.07. The van der Waals surface area contributed by atoms with Crippen molar-refractivity contribution in [1.82, 2.24) is 18.8 Å². The van der Waals surface area contributed by atoms with Gasteiger partial charge >= 0.3 is 0 Å². The summed E-state index contributed by atoms with van der Waals surface area (Å²) in [6, 6.07) is 23.4. The molecule has 186 valence electrons. The van der Waals surface area contributed by atoms with E-state index in [1.165, 1.54) is 5.56 Å². The summed E-state index contributed by atoms with van der Waals surface area (Å²) >= 11 is 0. The predicted molar refractivity (Wildman–Crippen MR) is 137 cm³/mol. The van der Waals surface area contributed by atoms with E-state index in [2.05, 4.69) is 39.8 Å². The van der Waals surface area contributed by atoms with Crippen LogP contribution in [-0.4, -0.2) is 66.6 Å². The molecule has 2 aliphatic rings. The number of rotatable bonds is 6. The molecule has 2 aliphatic heterocycles. The van der Waals surface area contributed by atoms with E-state index in [-0.39, 0.29) is 4.90 Å². The minimum absolute atomic E-state index is 0.241. The Labute approximate surface area is 210 Å². The molecule has 0 unspecified atom stereocenters. The van der Waals surface area contributed by atoms with E-state index < -0.39 is 10.0 Å². The molecule has 4 aromatic rings. The van der Waals surface area contributed by atoms with Gasteiger partial charge in [0.05, 0.1) is 22.5 Å². The van der Waals surface area contributed by atoms with Gasteiger partial charge in [-0.2, -0.15) is 4.31 Å². The summed E-state index contributed by atoms with van der Waals surface area (Å²) < 4.78 is 41.6. The highest BCUT2D eigenvalue weighted by Crippen LogP contribution is 2.33. The van der Waals surface area contributed by atoms with Gasteiger partial charge in [-0.1, -0.05) is 42.5 Å². The summed E-state index contributed by atoms with van der Waals surface area (Å²) in [6.07, 6.45) is 0. The first kappa shape index (κ1) is 23.0. The molecular weight excluding hydrogens is 476 g/mol. The van der Waals surface area contributed by atoms with Gasteiger partial charge in [-0.3, -0.25) is 4.90 Å². The first-order valence-electron chi connectivity index (χ1n) is 12.2. The molecule has 9 heteroatoms. The summed E-state index contributed by atoms with van der Waals surface area (Å²) in [4.78, 5) is 7.44. The average molecular weight is 505 g/mol. The number of piperazine rings is 1. The zero-order valence-electron chi connectivity index (χ0n) is 19.9. The van der Waals surface area contributed by atoms with Crippen LogP contribution >= 0.6 is 0 Å². The third kappa shape index (κ3) is 4.45. The number of hydrogen-bond donors (Lipinski definition) is 0. The Kier molecular flexibility index (Phi) is 6.12. The number of benzene rings is 3. The zero-order valence-corrected chi connectivity index (χ0v) is 20.7. The van der Waals surface area contributed by atoms with E-state index in [9.17, 15) is 8.42 Å². The number of hydrogen-bond acceptors (Lipinski definition) is 6. The van der Waals surface area contributed by atoms with E-state index >= 15 is 0 Å². The molecule has 0 N–H and O–H groups in total. The lowest BCUT2D eigenvalue weighted by Gasteiger charge is -2.34. The zero-order chi connectivity index (χ0) is 24.5. The SMILES string of the molecule is O=S(=O)(c1ccc2c(c1)OCCO2)N1CCN(Cc2nc3ccccc3n2Cc2ccccc2)CC1. The van der Waals surface area contributed by atoms with Crippen molar-refractivity contribution in [2.45, 2.75) is 18.0 Å². The smallest absolute Gasteiger partial charge is 0.243 e. The predicted octanol–water partition coefficient (Wildman–Crippen LogP) is 3.36. The molecule has 1 saturated heterocycles. The number of nitrogens with zero attached hydrogens (tertiary/aromatic N) is 4. The Morgan fingerprint density at radius 3 is 2.31 bits per heavy atom. The topological polar surface area (TPSA) is 76.9 Å². The van der Waals surface area contributed by atoms with Gasteiger partial charge in [-0.25, -0.2) is 13.4 Å². The highest BCUT2D eigenvalue weighted by molar-refractivity contribution is 7.89. The fourth-order valence-electron chi connectivity index (χ4n) is 4.85. The van der Waals surface area contributed by atoms with Crippen LogP contribution in [0.4, 0.5) is 0 Å². The van der Waals surface area contributed by atoms with Gasteiger partial charge in [0.15, 0.2) is 11.5 Å². The van der Waals surface area contributed by atoms with Crippen LogP contribution in [-0.2, 0) is 23.1 Å². The minimum atomic E-state index is -3.61. The van der Waals surface area contributed by atoms with E-state index in [0.29, 0.717) is 57.4 Å². The van der Waals surface area contributed by atoms with Gasteiger partial charge in [-0.15, -0.1) is 0 Å². The largest absolute Gasteiger partial charge is 0.486 e. The van der Waals surface area contributed by atoms with Gasteiger partial charge in [0.25, 0.3) is 0 Å². The lowest BCUT2D eigenvalue weighted by atomic mass is 10.2. The Bertz CT molecular complexity index is 1480. The van der Waals surface area contributed by atoms with Crippen LogP contribution in [0.2, 0.25) is 0 Å². The van der Waals surface area contributed by atoms with Crippen LogP contribution in [0, 0.1) is 0 Å². The molecule has 0 bridgehead atoms. The maximum absolute atomic E-state index is 13.3. The summed E-state index contributed by atoms with van der Waals surface area (Å²) in [5.74, 6) is 2.06. The molecule has 1 fully saturated rings. The number of aromatic nitrogens is 2. The van der Waals surface area contributed by atoms with E-state index in [0.717, 1.165) is 23.4 Å². The third-order valence-corrected chi connectivity index (χ3v) is 8.66. The van der Waals surface area contributed by atoms with Crippen molar-refractivity contribution < 1.29 is 17.9 Å². The Morgan fingerprint density at radius 2 is 1.50 bits per heavy atom. The summed E-state index contributed by atoms with van der Waals surface area (Å²) in [7, 11) is -3.61. The highest BCUT2D eigenvalue weighted by atomic mass is 32.2.